The summed E-state index contributed by atoms with van der Waals surface area (Å²) >= 11 is 0. The second-order valence-electron chi connectivity index (χ2n) is 5.37. The number of rotatable bonds is 6. The van der Waals surface area contributed by atoms with E-state index in [9.17, 15) is 9.59 Å². The first kappa shape index (κ1) is 17.2. The number of carbonyl (C=O) groups is 2. The minimum Gasteiger partial charge on any atom is -0.444 e. The van der Waals surface area contributed by atoms with Crippen LogP contribution in [0.5, 0.6) is 0 Å². The van der Waals surface area contributed by atoms with Crippen LogP contribution in [0.25, 0.3) is 0 Å². The molecule has 0 saturated carbocycles. The Balaban J connectivity index is 3.67. The van der Waals surface area contributed by atoms with Crippen LogP contribution in [0, 0.1) is 11.3 Å². The monoisotopic (exact) mass is 269 g/mol. The number of hydrogen-bond donors (Lipinski definition) is 2. The van der Waals surface area contributed by atoms with Crippen LogP contribution in [0.4, 0.5) is 4.79 Å². The molecule has 0 heterocycles. The van der Waals surface area contributed by atoms with Crippen molar-refractivity contribution in [3.05, 3.63) is 0 Å². The Bertz CT molecular complexity index is 342. The zero-order valence-electron chi connectivity index (χ0n) is 12.1. The molecule has 0 aromatic heterocycles. The predicted octanol–water partition coefficient (Wildman–Crippen LogP) is 1.71. The van der Waals surface area contributed by atoms with Crippen LogP contribution in [0.1, 0.15) is 47.0 Å². The third-order valence-electron chi connectivity index (χ3n) is 2.13. The van der Waals surface area contributed by atoms with Gasteiger partial charge in [-0.05, 0) is 40.5 Å². The molecule has 1 unspecified atom stereocenters. The molecule has 6 nitrogen and oxygen atoms in total. The van der Waals surface area contributed by atoms with Gasteiger partial charge in [-0.25, -0.2) is 4.79 Å². The number of nitrogens with one attached hydrogen (secondary N) is 2. The van der Waals surface area contributed by atoms with Crippen LogP contribution < -0.4 is 10.6 Å². The first-order valence-corrected chi connectivity index (χ1v) is 6.38. The molecule has 0 aliphatic rings. The molecule has 0 saturated heterocycles. The van der Waals surface area contributed by atoms with Gasteiger partial charge in [0.2, 0.25) is 5.91 Å². The highest BCUT2D eigenvalue weighted by atomic mass is 16.6. The zero-order valence-corrected chi connectivity index (χ0v) is 12.1. The summed E-state index contributed by atoms with van der Waals surface area (Å²) in [5.41, 5.74) is -0.497. The molecule has 19 heavy (non-hydrogen) atoms. The fourth-order valence-electron chi connectivity index (χ4n) is 1.38. The topological polar surface area (TPSA) is 91.2 Å². The molecule has 0 aromatic rings. The lowest BCUT2D eigenvalue weighted by Crippen LogP contribution is -2.35. The smallest absolute Gasteiger partial charge is 0.407 e. The Hall–Kier alpha value is -1.77. The van der Waals surface area contributed by atoms with Gasteiger partial charge in [0.1, 0.15) is 12.0 Å². The summed E-state index contributed by atoms with van der Waals surface area (Å²) in [5, 5.41) is 13.7. The van der Waals surface area contributed by atoms with Crippen molar-refractivity contribution in [3.8, 4) is 6.07 Å². The van der Waals surface area contributed by atoms with Crippen LogP contribution in [0.3, 0.4) is 0 Å². The fourth-order valence-corrected chi connectivity index (χ4v) is 1.38. The fraction of sp³-hybridized carbons (Fsp3) is 0.769. The summed E-state index contributed by atoms with van der Waals surface area (Å²) in [6, 6.07) is 1.78. The Morgan fingerprint density at radius 3 is 2.53 bits per heavy atom. The molecule has 0 radical (unpaired) electrons. The van der Waals surface area contributed by atoms with Gasteiger partial charge in [-0.1, -0.05) is 0 Å². The molecular weight excluding hydrogens is 246 g/mol. The Labute approximate surface area is 114 Å². The maximum absolute atomic E-state index is 11.3. The molecule has 0 spiro atoms. The molecule has 0 aliphatic heterocycles. The van der Waals surface area contributed by atoms with E-state index in [-0.39, 0.29) is 18.4 Å². The number of ether oxygens (including phenoxy) is 1. The minimum absolute atomic E-state index is 0.0127. The average Bonchev–Trinajstić information content (AvgIpc) is 2.22. The van der Waals surface area contributed by atoms with Crippen LogP contribution in [-0.4, -0.2) is 30.2 Å². The lowest BCUT2D eigenvalue weighted by molar-refractivity contribution is -0.120. The molecule has 0 fully saturated rings. The number of nitriles is 1. The normalized spacial score (nSPS) is 12.2. The van der Waals surface area contributed by atoms with Crippen LogP contribution in [0.2, 0.25) is 0 Å². The van der Waals surface area contributed by atoms with Gasteiger partial charge in [-0.3, -0.25) is 4.79 Å². The number of hydrogen-bond acceptors (Lipinski definition) is 4. The van der Waals surface area contributed by atoms with Crippen molar-refractivity contribution in [2.24, 2.45) is 0 Å². The van der Waals surface area contributed by atoms with Gasteiger partial charge in [-0.15, -0.1) is 0 Å². The van der Waals surface area contributed by atoms with E-state index in [4.69, 9.17) is 10.00 Å². The lowest BCUT2D eigenvalue weighted by Gasteiger charge is -2.20. The second kappa shape index (κ2) is 8.35. The summed E-state index contributed by atoms with van der Waals surface area (Å²) in [4.78, 5) is 22.5. The molecule has 2 N–H and O–H groups in total. The first-order chi connectivity index (χ1) is 8.74. The highest BCUT2D eigenvalue weighted by Gasteiger charge is 2.15. The summed E-state index contributed by atoms with van der Waals surface area (Å²) in [7, 11) is 0. The second-order valence-corrected chi connectivity index (χ2v) is 5.37. The molecule has 1 atom stereocenters. The molecule has 6 heteroatoms. The number of amides is 2. The predicted molar refractivity (Wildman–Crippen MR) is 71.3 cm³/mol. The average molecular weight is 269 g/mol. The van der Waals surface area contributed by atoms with Crippen molar-refractivity contribution in [2.45, 2.75) is 58.6 Å². The molecule has 0 aliphatic carbocycles. The molecule has 0 bridgehead atoms. The zero-order chi connectivity index (χ0) is 14.9. The maximum Gasteiger partial charge on any atom is 0.407 e. The van der Waals surface area contributed by atoms with Gasteiger partial charge in [0.25, 0.3) is 0 Å². The molecular formula is C13H23N3O3. The molecule has 108 valence electrons. The van der Waals surface area contributed by atoms with Crippen molar-refractivity contribution < 1.29 is 14.3 Å². The van der Waals surface area contributed by atoms with E-state index in [1.54, 1.807) is 26.8 Å². The van der Waals surface area contributed by atoms with Crippen molar-refractivity contribution >= 4 is 12.0 Å². The van der Waals surface area contributed by atoms with Gasteiger partial charge in [0, 0.05) is 12.6 Å². The summed E-state index contributed by atoms with van der Waals surface area (Å²) < 4.78 is 5.09. The third kappa shape index (κ3) is 11.1. The van der Waals surface area contributed by atoms with Crippen molar-refractivity contribution in [2.75, 3.05) is 6.54 Å². The lowest BCUT2D eigenvalue weighted by atomic mass is 10.2. The largest absolute Gasteiger partial charge is 0.444 e. The Kier molecular flexibility index (Phi) is 7.57. The van der Waals surface area contributed by atoms with Crippen molar-refractivity contribution in [1.29, 1.82) is 5.26 Å². The van der Waals surface area contributed by atoms with E-state index in [1.165, 1.54) is 0 Å². The highest BCUT2D eigenvalue weighted by Crippen LogP contribution is 2.06. The highest BCUT2D eigenvalue weighted by molar-refractivity contribution is 5.78. The van der Waals surface area contributed by atoms with Crippen LogP contribution >= 0.6 is 0 Å². The quantitative estimate of drug-likeness (QED) is 0.718. The van der Waals surface area contributed by atoms with Gasteiger partial charge in [-0.2, -0.15) is 5.26 Å². The summed E-state index contributed by atoms with van der Waals surface area (Å²) in [6.45, 7) is 7.77. The van der Waals surface area contributed by atoms with Gasteiger partial charge >= 0.3 is 6.09 Å². The summed E-state index contributed by atoms with van der Waals surface area (Å²) in [6.07, 6.45) is 0.898. The minimum atomic E-state index is -0.497. The van der Waals surface area contributed by atoms with Crippen molar-refractivity contribution in [3.63, 3.8) is 0 Å². The number of carbonyl (C=O) groups excluding carboxylic acids is 2. The Morgan fingerprint density at radius 2 is 2.00 bits per heavy atom. The van der Waals surface area contributed by atoms with E-state index in [2.05, 4.69) is 10.6 Å². The molecule has 0 rings (SSSR count). The van der Waals surface area contributed by atoms with E-state index in [0.717, 1.165) is 12.8 Å². The van der Waals surface area contributed by atoms with Gasteiger partial charge in [0.15, 0.2) is 0 Å². The van der Waals surface area contributed by atoms with Crippen LogP contribution in [-0.2, 0) is 9.53 Å². The van der Waals surface area contributed by atoms with E-state index >= 15 is 0 Å². The number of alkyl carbamates (subject to hydrolysis) is 1. The maximum atomic E-state index is 11.3. The Morgan fingerprint density at radius 1 is 1.37 bits per heavy atom. The SMILES string of the molecule is CC(CCCNC(=O)OC(C)(C)C)NC(=O)CC#N. The van der Waals surface area contributed by atoms with Crippen molar-refractivity contribution in [1.82, 2.24) is 10.6 Å². The van der Waals surface area contributed by atoms with E-state index < -0.39 is 11.7 Å². The number of nitrogens with zero attached hydrogens (tertiary/aromatic N) is 1. The molecule has 2 amide bonds. The van der Waals surface area contributed by atoms with Gasteiger partial charge in [0.05, 0.1) is 6.07 Å². The first-order valence-electron chi connectivity index (χ1n) is 6.38. The van der Waals surface area contributed by atoms with E-state index in [0.29, 0.717) is 6.54 Å². The standard InChI is InChI=1S/C13H23N3O3/c1-10(16-11(17)7-8-14)6-5-9-15-12(18)19-13(2,3)4/h10H,5-7,9H2,1-4H3,(H,15,18)(H,16,17). The summed E-state index contributed by atoms with van der Waals surface area (Å²) in [5.74, 6) is -0.268. The third-order valence-corrected chi connectivity index (χ3v) is 2.13. The van der Waals surface area contributed by atoms with E-state index in [1.807, 2.05) is 6.92 Å². The van der Waals surface area contributed by atoms with Gasteiger partial charge < -0.3 is 15.4 Å². The van der Waals surface area contributed by atoms with Crippen LogP contribution in [0.15, 0.2) is 0 Å². The molecule has 0 aromatic carbocycles.